The second-order valence-electron chi connectivity index (χ2n) is 6.17. The van der Waals surface area contributed by atoms with Crippen molar-refractivity contribution < 1.29 is 0 Å². The maximum atomic E-state index is 3.68. The smallest absolute Gasteiger partial charge is 0.0387 e. The number of aryl methyl sites for hydroxylation is 1. The molecule has 1 aromatic carbocycles. The Morgan fingerprint density at radius 3 is 2.79 bits per heavy atom. The lowest BCUT2D eigenvalue weighted by Crippen LogP contribution is -2.56. The summed E-state index contributed by atoms with van der Waals surface area (Å²) < 4.78 is 1.19. The number of hydrogen-bond donors (Lipinski definition) is 1. The summed E-state index contributed by atoms with van der Waals surface area (Å²) in [5.74, 6) is 0.749. The molecule has 1 heterocycles. The number of halogens is 1. The van der Waals surface area contributed by atoms with Crippen molar-refractivity contribution in [3.63, 3.8) is 0 Å². The molecule has 1 N–H and O–H groups in total. The molecule has 0 amide bonds. The van der Waals surface area contributed by atoms with Crippen molar-refractivity contribution in [2.75, 3.05) is 18.0 Å². The Labute approximate surface area is 125 Å². The van der Waals surface area contributed by atoms with Crippen LogP contribution in [0, 0.1) is 12.8 Å². The molecule has 1 aliphatic rings. The molecule has 3 heteroatoms. The average Bonchev–Trinajstić information content (AvgIpc) is 2.34. The van der Waals surface area contributed by atoms with Gasteiger partial charge in [-0.25, -0.2) is 0 Å². The lowest BCUT2D eigenvalue weighted by atomic mass is 9.99. The molecule has 0 radical (unpaired) electrons. The molecule has 1 fully saturated rings. The molecule has 106 valence electrons. The van der Waals surface area contributed by atoms with E-state index in [2.05, 4.69) is 72.0 Å². The van der Waals surface area contributed by atoms with Crippen LogP contribution in [0.4, 0.5) is 5.69 Å². The average molecular weight is 325 g/mol. The highest BCUT2D eigenvalue weighted by atomic mass is 79.9. The van der Waals surface area contributed by atoms with Crippen LogP contribution in [0.3, 0.4) is 0 Å². The summed E-state index contributed by atoms with van der Waals surface area (Å²) in [5, 5.41) is 3.68. The van der Waals surface area contributed by atoms with E-state index in [9.17, 15) is 0 Å². The number of rotatable bonds is 3. The Bertz CT molecular complexity index is 431. The molecular formula is C16H25BrN2. The van der Waals surface area contributed by atoms with Crippen LogP contribution >= 0.6 is 15.9 Å². The van der Waals surface area contributed by atoms with E-state index >= 15 is 0 Å². The van der Waals surface area contributed by atoms with E-state index < -0.39 is 0 Å². The van der Waals surface area contributed by atoms with Gasteiger partial charge in [0.05, 0.1) is 0 Å². The maximum absolute atomic E-state index is 3.68. The summed E-state index contributed by atoms with van der Waals surface area (Å²) in [5.41, 5.74) is 2.66. The van der Waals surface area contributed by atoms with E-state index in [-0.39, 0.29) is 0 Å². The first kappa shape index (κ1) is 14.9. The van der Waals surface area contributed by atoms with Crippen LogP contribution in [0.25, 0.3) is 0 Å². The minimum Gasteiger partial charge on any atom is -0.366 e. The number of nitrogens with zero attached hydrogens (tertiary/aromatic N) is 1. The first-order valence-electron chi connectivity index (χ1n) is 7.23. The van der Waals surface area contributed by atoms with Crippen molar-refractivity contribution in [3.05, 3.63) is 28.2 Å². The molecular weight excluding hydrogens is 300 g/mol. The van der Waals surface area contributed by atoms with Gasteiger partial charge in [0.1, 0.15) is 0 Å². The standard InChI is InChI=1S/C16H25BrN2/c1-11(2)7-14-10-19(13(4)9-18-14)15-5-6-16(17)12(3)8-15/h5-6,8,11,13-14,18H,7,9-10H2,1-4H3. The zero-order valence-corrected chi connectivity index (χ0v) is 14.0. The van der Waals surface area contributed by atoms with Gasteiger partial charge >= 0.3 is 0 Å². The van der Waals surface area contributed by atoms with Crippen molar-refractivity contribution in [2.45, 2.75) is 46.2 Å². The predicted molar refractivity (Wildman–Crippen MR) is 86.9 cm³/mol. The molecule has 1 aromatic rings. The molecule has 1 saturated heterocycles. The maximum Gasteiger partial charge on any atom is 0.0387 e. The fraction of sp³-hybridized carbons (Fsp3) is 0.625. The van der Waals surface area contributed by atoms with Crippen molar-refractivity contribution in [1.29, 1.82) is 0 Å². The largest absolute Gasteiger partial charge is 0.366 e. The molecule has 2 unspecified atom stereocenters. The van der Waals surface area contributed by atoms with Crippen LogP contribution in [-0.4, -0.2) is 25.2 Å². The Morgan fingerprint density at radius 2 is 2.16 bits per heavy atom. The summed E-state index contributed by atoms with van der Waals surface area (Å²) in [4.78, 5) is 2.54. The van der Waals surface area contributed by atoms with Crippen LogP contribution in [0.1, 0.15) is 32.8 Å². The van der Waals surface area contributed by atoms with Crippen molar-refractivity contribution in [3.8, 4) is 0 Å². The minimum atomic E-state index is 0.559. The highest BCUT2D eigenvalue weighted by Crippen LogP contribution is 2.26. The summed E-state index contributed by atoms with van der Waals surface area (Å²) in [7, 11) is 0. The molecule has 0 spiro atoms. The molecule has 0 saturated carbocycles. The van der Waals surface area contributed by atoms with Gasteiger partial charge < -0.3 is 10.2 Å². The number of piperazine rings is 1. The van der Waals surface area contributed by atoms with Gasteiger partial charge in [0.15, 0.2) is 0 Å². The second kappa shape index (κ2) is 6.27. The zero-order chi connectivity index (χ0) is 14.0. The third-order valence-electron chi connectivity index (χ3n) is 3.88. The summed E-state index contributed by atoms with van der Waals surface area (Å²) in [6.07, 6.45) is 1.25. The molecule has 0 bridgehead atoms. The third kappa shape index (κ3) is 3.73. The van der Waals surface area contributed by atoms with Gasteiger partial charge in [-0.3, -0.25) is 0 Å². The van der Waals surface area contributed by atoms with Gasteiger partial charge in [-0.1, -0.05) is 29.8 Å². The molecule has 2 atom stereocenters. The summed E-state index contributed by atoms with van der Waals surface area (Å²) in [6, 6.07) is 7.85. The number of hydrogen-bond acceptors (Lipinski definition) is 2. The first-order valence-corrected chi connectivity index (χ1v) is 8.03. The number of nitrogens with one attached hydrogen (secondary N) is 1. The van der Waals surface area contributed by atoms with E-state index in [1.54, 1.807) is 0 Å². The lowest BCUT2D eigenvalue weighted by Gasteiger charge is -2.41. The van der Waals surface area contributed by atoms with E-state index in [1.807, 2.05) is 0 Å². The zero-order valence-electron chi connectivity index (χ0n) is 12.4. The predicted octanol–water partition coefficient (Wildman–Crippen LogP) is 3.97. The Kier molecular flexibility index (Phi) is 4.91. The second-order valence-corrected chi connectivity index (χ2v) is 7.02. The Hall–Kier alpha value is -0.540. The van der Waals surface area contributed by atoms with Crippen LogP contribution in [-0.2, 0) is 0 Å². The Balaban J connectivity index is 2.14. The molecule has 2 rings (SSSR count). The molecule has 1 aliphatic heterocycles. The lowest BCUT2D eigenvalue weighted by molar-refractivity contribution is 0.356. The van der Waals surface area contributed by atoms with Gasteiger partial charge in [0.2, 0.25) is 0 Å². The first-order chi connectivity index (χ1) is 8.97. The summed E-state index contributed by atoms with van der Waals surface area (Å²) in [6.45, 7) is 11.2. The Morgan fingerprint density at radius 1 is 1.42 bits per heavy atom. The van der Waals surface area contributed by atoms with E-state index in [1.165, 1.54) is 22.1 Å². The highest BCUT2D eigenvalue weighted by Gasteiger charge is 2.25. The minimum absolute atomic E-state index is 0.559. The monoisotopic (exact) mass is 324 g/mol. The topological polar surface area (TPSA) is 15.3 Å². The van der Waals surface area contributed by atoms with Gasteiger partial charge in [0, 0.05) is 35.3 Å². The van der Waals surface area contributed by atoms with Gasteiger partial charge in [-0.2, -0.15) is 0 Å². The fourth-order valence-electron chi connectivity index (χ4n) is 2.82. The number of anilines is 1. The van der Waals surface area contributed by atoms with E-state index in [0.717, 1.165) is 19.0 Å². The quantitative estimate of drug-likeness (QED) is 0.905. The number of benzene rings is 1. The molecule has 0 aromatic heterocycles. The summed E-state index contributed by atoms with van der Waals surface area (Å²) >= 11 is 3.58. The van der Waals surface area contributed by atoms with Crippen LogP contribution < -0.4 is 10.2 Å². The van der Waals surface area contributed by atoms with Crippen LogP contribution in [0.2, 0.25) is 0 Å². The molecule has 2 nitrogen and oxygen atoms in total. The van der Waals surface area contributed by atoms with Crippen molar-refractivity contribution in [2.24, 2.45) is 5.92 Å². The molecule has 0 aliphatic carbocycles. The fourth-order valence-corrected chi connectivity index (χ4v) is 3.07. The van der Waals surface area contributed by atoms with Crippen LogP contribution in [0.5, 0.6) is 0 Å². The van der Waals surface area contributed by atoms with Crippen molar-refractivity contribution in [1.82, 2.24) is 5.32 Å². The van der Waals surface area contributed by atoms with E-state index in [0.29, 0.717) is 12.1 Å². The third-order valence-corrected chi connectivity index (χ3v) is 4.77. The van der Waals surface area contributed by atoms with Gasteiger partial charge in [-0.05, 0) is 49.9 Å². The SMILES string of the molecule is Cc1cc(N2CC(CC(C)C)NCC2C)ccc1Br. The normalized spacial score (nSPS) is 24.0. The van der Waals surface area contributed by atoms with Crippen LogP contribution in [0.15, 0.2) is 22.7 Å². The van der Waals surface area contributed by atoms with E-state index in [4.69, 9.17) is 0 Å². The van der Waals surface area contributed by atoms with Gasteiger partial charge in [-0.15, -0.1) is 0 Å². The van der Waals surface area contributed by atoms with Gasteiger partial charge in [0.25, 0.3) is 0 Å². The highest BCUT2D eigenvalue weighted by molar-refractivity contribution is 9.10. The van der Waals surface area contributed by atoms with Crippen molar-refractivity contribution >= 4 is 21.6 Å². The molecule has 19 heavy (non-hydrogen) atoms.